The van der Waals surface area contributed by atoms with Gasteiger partial charge < -0.3 is 15.0 Å². The number of benzene rings is 2. The molecule has 2 aromatic carbocycles. The number of hydrogen-bond donors (Lipinski definition) is 1. The molecule has 1 N–H and O–H groups in total. The predicted molar refractivity (Wildman–Crippen MR) is 96.8 cm³/mol. The van der Waals surface area contributed by atoms with Gasteiger partial charge in [-0.2, -0.15) is 13.2 Å². The number of carbonyl (C=O) groups is 2. The minimum Gasteiger partial charge on any atom is -0.494 e. The van der Waals surface area contributed by atoms with Crippen LogP contribution >= 0.6 is 0 Å². The van der Waals surface area contributed by atoms with Crippen LogP contribution in [-0.4, -0.2) is 37.4 Å². The third kappa shape index (κ3) is 4.17. The van der Waals surface area contributed by atoms with E-state index in [4.69, 9.17) is 0 Å². The van der Waals surface area contributed by atoms with Gasteiger partial charge in [-0.1, -0.05) is 6.07 Å². The van der Waals surface area contributed by atoms with E-state index in [9.17, 15) is 35.9 Å². The average Bonchev–Trinajstić information content (AvgIpc) is 2.99. The molecule has 1 heterocycles. The molecule has 0 radical (unpaired) electrons. The SMILES string of the molecule is COc1cc(C2CN(C)C(=O)C2C(=O)Nc2cccc(F)c2F)cc(C(F)(F)F)c1F. The Morgan fingerprint density at radius 1 is 1.16 bits per heavy atom. The Bertz CT molecular complexity index is 1040. The van der Waals surface area contributed by atoms with Crippen LogP contribution in [-0.2, 0) is 15.8 Å². The first-order valence-electron chi connectivity index (χ1n) is 8.90. The molecule has 2 unspecified atom stereocenters. The molecule has 0 aliphatic carbocycles. The minimum atomic E-state index is -5.05. The van der Waals surface area contributed by atoms with Gasteiger partial charge in [0, 0.05) is 19.5 Å². The minimum absolute atomic E-state index is 0.158. The Kier molecular flexibility index (Phi) is 5.88. The molecule has 2 atom stereocenters. The van der Waals surface area contributed by atoms with Crippen molar-refractivity contribution >= 4 is 17.5 Å². The summed E-state index contributed by atoms with van der Waals surface area (Å²) >= 11 is 0. The van der Waals surface area contributed by atoms with Gasteiger partial charge in [0.15, 0.2) is 23.2 Å². The second kappa shape index (κ2) is 8.12. The van der Waals surface area contributed by atoms with Gasteiger partial charge in [0.2, 0.25) is 11.8 Å². The van der Waals surface area contributed by atoms with Crippen molar-refractivity contribution in [1.82, 2.24) is 4.90 Å². The maximum atomic E-state index is 14.1. The van der Waals surface area contributed by atoms with Crippen LogP contribution in [0.3, 0.4) is 0 Å². The van der Waals surface area contributed by atoms with Gasteiger partial charge in [-0.15, -0.1) is 0 Å². The standard InChI is InChI=1S/C20H16F6N2O3/c1-28-8-10(9-6-11(20(24,25)26)16(22)14(7-9)31-2)15(19(28)30)18(29)27-13-5-3-4-12(21)17(13)23/h3-7,10,15H,8H2,1-2H3,(H,27,29). The van der Waals surface area contributed by atoms with Gasteiger partial charge in [-0.05, 0) is 29.8 Å². The number of likely N-dealkylation sites (N-methyl/N-ethyl adjacent to an activating group) is 1. The number of rotatable bonds is 4. The van der Waals surface area contributed by atoms with E-state index in [1.807, 2.05) is 0 Å². The van der Waals surface area contributed by atoms with E-state index in [1.54, 1.807) is 0 Å². The van der Waals surface area contributed by atoms with E-state index in [2.05, 4.69) is 10.1 Å². The summed E-state index contributed by atoms with van der Waals surface area (Å²) in [6.07, 6.45) is -5.05. The molecule has 0 aromatic heterocycles. The quantitative estimate of drug-likeness (QED) is 0.572. The highest BCUT2D eigenvalue weighted by molar-refractivity contribution is 6.08. The highest BCUT2D eigenvalue weighted by Gasteiger charge is 2.46. The Hall–Kier alpha value is -3.24. The van der Waals surface area contributed by atoms with Crippen molar-refractivity contribution in [2.75, 3.05) is 26.0 Å². The zero-order valence-corrected chi connectivity index (χ0v) is 16.2. The maximum Gasteiger partial charge on any atom is 0.419 e. The smallest absolute Gasteiger partial charge is 0.419 e. The lowest BCUT2D eigenvalue weighted by Gasteiger charge is -2.20. The topological polar surface area (TPSA) is 58.6 Å². The molecule has 3 rings (SSSR count). The third-order valence-corrected chi connectivity index (χ3v) is 5.02. The summed E-state index contributed by atoms with van der Waals surface area (Å²) in [4.78, 5) is 26.4. The van der Waals surface area contributed by atoms with Crippen LogP contribution in [0.15, 0.2) is 30.3 Å². The summed E-state index contributed by atoms with van der Waals surface area (Å²) in [7, 11) is 2.31. The lowest BCUT2D eigenvalue weighted by atomic mass is 9.86. The average molecular weight is 446 g/mol. The van der Waals surface area contributed by atoms with Crippen molar-refractivity contribution in [1.29, 1.82) is 0 Å². The molecule has 1 aliphatic rings. The van der Waals surface area contributed by atoms with Gasteiger partial charge >= 0.3 is 6.18 Å². The first-order chi connectivity index (χ1) is 14.5. The normalized spacial score (nSPS) is 19.0. The molecule has 166 valence electrons. The number of nitrogens with one attached hydrogen (secondary N) is 1. The van der Waals surface area contributed by atoms with Crippen molar-refractivity contribution < 1.29 is 40.7 Å². The number of nitrogens with zero attached hydrogens (tertiary/aromatic N) is 1. The van der Waals surface area contributed by atoms with Gasteiger partial charge in [0.25, 0.3) is 0 Å². The largest absolute Gasteiger partial charge is 0.494 e. The molecular formula is C20H16F6N2O3. The van der Waals surface area contributed by atoms with Crippen LogP contribution in [0.1, 0.15) is 17.0 Å². The first kappa shape index (κ1) is 22.4. The van der Waals surface area contributed by atoms with Crippen LogP contribution in [0.25, 0.3) is 0 Å². The van der Waals surface area contributed by atoms with Gasteiger partial charge in [0.05, 0.1) is 18.4 Å². The van der Waals surface area contributed by atoms with Crippen LogP contribution in [0, 0.1) is 23.4 Å². The molecule has 31 heavy (non-hydrogen) atoms. The molecule has 2 aromatic rings. The molecule has 1 aliphatic heterocycles. The van der Waals surface area contributed by atoms with Gasteiger partial charge in [-0.3, -0.25) is 9.59 Å². The number of anilines is 1. The molecule has 1 saturated heterocycles. The summed E-state index contributed by atoms with van der Waals surface area (Å²) < 4.78 is 86.0. The highest BCUT2D eigenvalue weighted by Crippen LogP contribution is 2.41. The molecule has 0 bridgehead atoms. The summed E-state index contributed by atoms with van der Waals surface area (Å²) in [6, 6.07) is 4.51. The fourth-order valence-corrected chi connectivity index (χ4v) is 3.49. The number of carbonyl (C=O) groups excluding carboxylic acids is 2. The number of hydrogen-bond acceptors (Lipinski definition) is 3. The summed E-state index contributed by atoms with van der Waals surface area (Å²) in [5.74, 6) is -9.37. The number of halogens is 6. The lowest BCUT2D eigenvalue weighted by molar-refractivity contribution is -0.140. The summed E-state index contributed by atoms with van der Waals surface area (Å²) in [5, 5.41) is 2.10. The second-order valence-corrected chi connectivity index (χ2v) is 6.98. The maximum absolute atomic E-state index is 14.1. The van der Waals surface area contributed by atoms with Crippen molar-refractivity contribution in [2.24, 2.45) is 5.92 Å². The molecule has 2 amide bonds. The predicted octanol–water partition coefficient (Wildman–Crippen LogP) is 3.94. The van der Waals surface area contributed by atoms with Crippen LogP contribution in [0.4, 0.5) is 32.0 Å². The number of amides is 2. The number of likely N-dealkylation sites (tertiary alicyclic amines) is 1. The van der Waals surface area contributed by atoms with Crippen molar-refractivity contribution in [3.8, 4) is 5.75 Å². The molecule has 5 nitrogen and oxygen atoms in total. The van der Waals surface area contributed by atoms with Crippen LogP contribution in [0.5, 0.6) is 5.75 Å². The Balaban J connectivity index is 2.03. The van der Waals surface area contributed by atoms with E-state index in [0.29, 0.717) is 6.07 Å². The molecule has 1 fully saturated rings. The Labute approximate surface area is 172 Å². The van der Waals surface area contributed by atoms with E-state index >= 15 is 0 Å². The first-order valence-corrected chi connectivity index (χ1v) is 8.90. The van der Waals surface area contributed by atoms with E-state index in [-0.39, 0.29) is 12.1 Å². The van der Waals surface area contributed by atoms with Crippen molar-refractivity contribution in [2.45, 2.75) is 12.1 Å². The zero-order valence-electron chi connectivity index (χ0n) is 16.2. The fraction of sp³-hybridized carbons (Fsp3) is 0.300. The zero-order chi connectivity index (χ0) is 23.1. The van der Waals surface area contributed by atoms with Crippen LogP contribution in [0.2, 0.25) is 0 Å². The van der Waals surface area contributed by atoms with Crippen LogP contribution < -0.4 is 10.1 Å². The fourth-order valence-electron chi connectivity index (χ4n) is 3.49. The summed E-state index contributed by atoms with van der Waals surface area (Å²) in [6.45, 7) is -0.158. The van der Waals surface area contributed by atoms with Gasteiger partial charge in [0.1, 0.15) is 5.92 Å². The number of ether oxygens (including phenoxy) is 1. The Morgan fingerprint density at radius 2 is 1.84 bits per heavy atom. The van der Waals surface area contributed by atoms with Crippen molar-refractivity contribution in [3.63, 3.8) is 0 Å². The van der Waals surface area contributed by atoms with E-state index < -0.39 is 64.3 Å². The van der Waals surface area contributed by atoms with E-state index in [1.165, 1.54) is 7.05 Å². The monoisotopic (exact) mass is 446 g/mol. The second-order valence-electron chi connectivity index (χ2n) is 6.98. The highest BCUT2D eigenvalue weighted by atomic mass is 19.4. The lowest BCUT2D eigenvalue weighted by Crippen LogP contribution is -2.33. The molecule has 0 saturated carbocycles. The van der Waals surface area contributed by atoms with Gasteiger partial charge in [-0.25, -0.2) is 13.2 Å². The van der Waals surface area contributed by atoms with E-state index in [0.717, 1.165) is 36.3 Å². The molecular weight excluding hydrogens is 430 g/mol. The summed E-state index contributed by atoms with van der Waals surface area (Å²) in [5.41, 5.74) is -2.30. The van der Waals surface area contributed by atoms with Crippen molar-refractivity contribution in [3.05, 3.63) is 58.9 Å². The Morgan fingerprint density at radius 3 is 2.45 bits per heavy atom. The molecule has 0 spiro atoms. The number of methoxy groups -OCH3 is 1. The third-order valence-electron chi connectivity index (χ3n) is 5.02. The molecule has 11 heteroatoms. The number of alkyl halides is 3.